The van der Waals surface area contributed by atoms with Gasteiger partial charge in [0.05, 0.1) is 12.9 Å². The molecular weight excluding hydrogens is 365 g/mol. The zero-order chi connectivity index (χ0) is 18.1. The predicted octanol–water partition coefficient (Wildman–Crippen LogP) is -2.79. The molecule has 0 aliphatic carbocycles. The first kappa shape index (κ1) is 19.1. The molecule has 4 atom stereocenters. The standard InChI is InChI=1S/C10H13N5O4.H3O3PS/c11-8-5-9(13-2-12-8)15(3-14-5)10-7(18)6(17)4(1-16)19-10;1-4(2,3)5/h2-4,6-7,10,16-18H,1H2,(H2,11,12,13);(H3,1,2,3,5)/t4-,6-,7-,10-;/m1./s1. The molecule has 2 aromatic heterocycles. The second kappa shape index (κ2) is 7.31. The van der Waals surface area contributed by atoms with Crippen molar-refractivity contribution in [3.05, 3.63) is 12.7 Å². The van der Waals surface area contributed by atoms with Crippen molar-refractivity contribution < 1.29 is 34.7 Å². The van der Waals surface area contributed by atoms with E-state index in [9.17, 15) is 10.2 Å². The third kappa shape index (κ3) is 4.22. The number of aromatic nitrogens is 4. The number of aliphatic hydroxyl groups is 3. The van der Waals surface area contributed by atoms with E-state index in [1.54, 1.807) is 0 Å². The lowest BCUT2D eigenvalue weighted by Crippen LogP contribution is -2.33. The summed E-state index contributed by atoms with van der Waals surface area (Å²) in [6.07, 6.45) is -1.42. The summed E-state index contributed by atoms with van der Waals surface area (Å²) in [4.78, 5) is 34.6. The molecule has 0 bridgehead atoms. The molecule has 8 N–H and O–H groups in total. The Bertz CT molecular complexity index is 746. The van der Waals surface area contributed by atoms with Crippen LogP contribution in [0.5, 0.6) is 0 Å². The number of aliphatic hydroxyl groups excluding tert-OH is 3. The Morgan fingerprint density at radius 1 is 1.21 bits per heavy atom. The normalized spacial score (nSPS) is 27.1. The number of ether oxygens (including phenoxy) is 1. The highest BCUT2D eigenvalue weighted by atomic mass is 32.5. The fourth-order valence-corrected chi connectivity index (χ4v) is 2.17. The molecule has 0 radical (unpaired) electrons. The van der Waals surface area contributed by atoms with Gasteiger partial charge >= 0.3 is 6.72 Å². The summed E-state index contributed by atoms with van der Waals surface area (Å²) in [7, 11) is 0. The number of nitrogen functional groups attached to an aromatic ring is 1. The van der Waals surface area contributed by atoms with Gasteiger partial charge in [-0.1, -0.05) is 0 Å². The van der Waals surface area contributed by atoms with Gasteiger partial charge in [-0.2, -0.15) is 0 Å². The van der Waals surface area contributed by atoms with Crippen LogP contribution in [-0.2, 0) is 16.5 Å². The van der Waals surface area contributed by atoms with E-state index >= 15 is 0 Å². The van der Waals surface area contributed by atoms with E-state index < -0.39 is 37.9 Å². The largest absolute Gasteiger partial charge is 0.394 e. The Kier molecular flexibility index (Phi) is 5.80. The molecule has 3 heterocycles. The quantitative estimate of drug-likeness (QED) is 0.264. The van der Waals surface area contributed by atoms with E-state index in [-0.39, 0.29) is 5.82 Å². The highest BCUT2D eigenvalue weighted by molar-refractivity contribution is 8.06. The van der Waals surface area contributed by atoms with Crippen LogP contribution < -0.4 is 5.73 Å². The van der Waals surface area contributed by atoms with Gasteiger partial charge in [-0.3, -0.25) is 4.57 Å². The molecular formula is C10H16N5O7PS. The van der Waals surface area contributed by atoms with Crippen molar-refractivity contribution >= 4 is 35.5 Å². The van der Waals surface area contributed by atoms with Gasteiger partial charge in [0.15, 0.2) is 17.7 Å². The summed E-state index contributed by atoms with van der Waals surface area (Å²) < 4.78 is 6.85. The Balaban J connectivity index is 0.000000368. The Morgan fingerprint density at radius 3 is 2.38 bits per heavy atom. The molecule has 0 aromatic carbocycles. The van der Waals surface area contributed by atoms with Gasteiger partial charge in [0, 0.05) is 0 Å². The third-order valence-electron chi connectivity index (χ3n) is 3.18. The van der Waals surface area contributed by atoms with Crippen molar-refractivity contribution in [3.63, 3.8) is 0 Å². The molecule has 12 nitrogen and oxygen atoms in total. The molecule has 14 heteroatoms. The zero-order valence-corrected chi connectivity index (χ0v) is 13.7. The van der Waals surface area contributed by atoms with E-state index in [2.05, 4.69) is 26.8 Å². The van der Waals surface area contributed by atoms with Crippen LogP contribution in [0.2, 0.25) is 0 Å². The molecule has 134 valence electrons. The van der Waals surface area contributed by atoms with Crippen LogP contribution in [0.4, 0.5) is 5.82 Å². The van der Waals surface area contributed by atoms with Crippen LogP contribution in [0.3, 0.4) is 0 Å². The highest BCUT2D eigenvalue weighted by Crippen LogP contribution is 2.31. The maximum absolute atomic E-state index is 9.95. The zero-order valence-electron chi connectivity index (χ0n) is 12.0. The molecule has 0 unspecified atom stereocenters. The lowest BCUT2D eigenvalue weighted by molar-refractivity contribution is -0.0511. The fourth-order valence-electron chi connectivity index (χ4n) is 2.17. The lowest BCUT2D eigenvalue weighted by Gasteiger charge is -2.16. The topological polar surface area (TPSA) is 200 Å². The number of hydrogen-bond acceptors (Lipinski definition) is 9. The minimum absolute atomic E-state index is 0.218. The van der Waals surface area contributed by atoms with Crippen LogP contribution in [0.25, 0.3) is 11.2 Å². The molecule has 1 aliphatic rings. The molecule has 24 heavy (non-hydrogen) atoms. The van der Waals surface area contributed by atoms with E-state index in [4.69, 9.17) is 30.3 Å². The Morgan fingerprint density at radius 2 is 1.83 bits per heavy atom. The van der Waals surface area contributed by atoms with Crippen LogP contribution >= 0.6 is 6.72 Å². The second-order valence-electron chi connectivity index (χ2n) is 4.83. The summed E-state index contributed by atoms with van der Waals surface area (Å²) in [6, 6.07) is 0. The molecule has 1 fully saturated rings. The molecule has 0 amide bonds. The molecule has 1 aliphatic heterocycles. The van der Waals surface area contributed by atoms with Crippen molar-refractivity contribution in [3.8, 4) is 0 Å². The summed E-state index contributed by atoms with van der Waals surface area (Å²) in [5.74, 6) is 0.218. The minimum atomic E-state index is -3.81. The van der Waals surface area contributed by atoms with Gasteiger partial charge in [-0.05, 0) is 11.8 Å². The van der Waals surface area contributed by atoms with E-state index in [0.717, 1.165) is 0 Å². The van der Waals surface area contributed by atoms with Gasteiger partial charge in [0.1, 0.15) is 30.2 Å². The van der Waals surface area contributed by atoms with Gasteiger partial charge in [-0.25, -0.2) is 15.0 Å². The second-order valence-corrected chi connectivity index (χ2v) is 7.32. The van der Waals surface area contributed by atoms with Gasteiger partial charge in [0.2, 0.25) is 0 Å². The summed E-state index contributed by atoms with van der Waals surface area (Å²) in [5, 5.41) is 28.7. The number of anilines is 1. The summed E-state index contributed by atoms with van der Waals surface area (Å²) >= 11 is 3.60. The smallest absolute Gasteiger partial charge is 0.319 e. The van der Waals surface area contributed by atoms with E-state index in [1.165, 1.54) is 17.2 Å². The third-order valence-corrected chi connectivity index (χ3v) is 3.18. The highest BCUT2D eigenvalue weighted by Gasteiger charge is 2.43. The molecule has 0 saturated carbocycles. The lowest BCUT2D eigenvalue weighted by atomic mass is 10.1. The van der Waals surface area contributed by atoms with Crippen molar-refractivity contribution in [1.29, 1.82) is 0 Å². The number of hydrogen-bond donors (Lipinski definition) is 7. The van der Waals surface area contributed by atoms with Gasteiger partial charge < -0.3 is 40.5 Å². The summed E-state index contributed by atoms with van der Waals surface area (Å²) in [6.45, 7) is -4.20. The maximum atomic E-state index is 9.95. The average molecular weight is 381 g/mol. The minimum Gasteiger partial charge on any atom is -0.394 e. The number of fused-ring (bicyclic) bond motifs is 1. The number of nitrogens with two attached hydrogens (primary N) is 1. The van der Waals surface area contributed by atoms with Gasteiger partial charge in [-0.15, -0.1) is 0 Å². The van der Waals surface area contributed by atoms with E-state index in [1.807, 2.05) is 0 Å². The Hall–Kier alpha value is -1.28. The molecule has 2 aromatic rings. The number of imidazole rings is 1. The van der Waals surface area contributed by atoms with Crippen molar-refractivity contribution in [1.82, 2.24) is 19.5 Å². The van der Waals surface area contributed by atoms with Gasteiger partial charge in [0.25, 0.3) is 0 Å². The van der Waals surface area contributed by atoms with Crippen molar-refractivity contribution in [2.75, 3.05) is 12.3 Å². The molecule has 3 rings (SSSR count). The van der Waals surface area contributed by atoms with Crippen molar-refractivity contribution in [2.45, 2.75) is 24.5 Å². The first-order chi connectivity index (χ1) is 11.1. The van der Waals surface area contributed by atoms with E-state index in [0.29, 0.717) is 11.2 Å². The van der Waals surface area contributed by atoms with Crippen LogP contribution in [-0.4, -0.2) is 74.4 Å². The first-order valence-corrected chi connectivity index (χ1v) is 9.13. The molecule has 1 saturated heterocycles. The fraction of sp³-hybridized carbons (Fsp3) is 0.500. The maximum Gasteiger partial charge on any atom is 0.319 e. The van der Waals surface area contributed by atoms with Crippen LogP contribution in [0.15, 0.2) is 12.7 Å². The Labute approximate surface area is 140 Å². The summed E-state index contributed by atoms with van der Waals surface area (Å²) in [5.41, 5.74) is 6.44. The predicted molar refractivity (Wildman–Crippen MR) is 83.7 cm³/mol. The first-order valence-electron chi connectivity index (χ1n) is 6.47. The SMILES string of the molecule is Nc1ncnc2c1ncn2[C@@H]1O[C@H](CO)[C@@H](O)[C@H]1O.OP(O)(O)=S. The average Bonchev–Trinajstić information content (AvgIpc) is 3.01. The van der Waals surface area contributed by atoms with Crippen LogP contribution in [0, 0.1) is 0 Å². The number of rotatable bonds is 2. The number of nitrogens with zero attached hydrogens (tertiary/aromatic N) is 4. The van der Waals surface area contributed by atoms with Crippen molar-refractivity contribution in [2.24, 2.45) is 0 Å². The van der Waals surface area contributed by atoms with Crippen LogP contribution in [0.1, 0.15) is 6.23 Å². The monoisotopic (exact) mass is 381 g/mol. The molecule has 0 spiro atoms.